The Hall–Kier alpha value is -3.61. The fraction of sp³-hybridized carbons (Fsp3) is 0.400. The maximum Gasteiger partial charge on any atom is 0.259 e. The predicted octanol–water partition coefficient (Wildman–Crippen LogP) is 2.52. The summed E-state index contributed by atoms with van der Waals surface area (Å²) < 4.78 is 5.44. The van der Waals surface area contributed by atoms with E-state index in [9.17, 15) is 10.1 Å². The standard InChI is InChI=1S/C25H29N7O2/c1-2-30-7-9-32(10-8-30)22-15-21-18(16-26)17-27-25(33)23(21)24(29-22)28-19-3-5-20(6-4-19)31-11-13-34-14-12-31/h3-6,15,17H,2,7-14H2,1H3,(H,27,33)(H,28,29). The van der Waals surface area contributed by atoms with Crippen molar-refractivity contribution in [2.24, 2.45) is 0 Å². The molecule has 0 amide bonds. The number of aromatic nitrogens is 2. The normalized spacial score (nSPS) is 17.1. The lowest BCUT2D eigenvalue weighted by Crippen LogP contribution is -2.46. The summed E-state index contributed by atoms with van der Waals surface area (Å²) >= 11 is 0. The van der Waals surface area contributed by atoms with Crippen LogP contribution in [0.2, 0.25) is 0 Å². The van der Waals surface area contributed by atoms with Gasteiger partial charge in [-0.3, -0.25) is 4.79 Å². The van der Waals surface area contributed by atoms with Crippen LogP contribution in [0.15, 0.2) is 41.3 Å². The van der Waals surface area contributed by atoms with Crippen molar-refractivity contribution in [1.29, 1.82) is 5.26 Å². The second kappa shape index (κ2) is 9.71. The molecule has 0 radical (unpaired) electrons. The number of nitriles is 1. The van der Waals surface area contributed by atoms with E-state index in [0.29, 0.717) is 22.2 Å². The average molecular weight is 460 g/mol. The van der Waals surface area contributed by atoms with Crippen LogP contribution in [-0.4, -0.2) is 73.9 Å². The SMILES string of the molecule is CCN1CCN(c2cc3c(C#N)c[nH]c(=O)c3c(Nc3ccc(N4CCOCC4)cc3)n2)CC1. The van der Waals surface area contributed by atoms with E-state index in [1.54, 1.807) is 0 Å². The molecular formula is C25H29N7O2. The molecule has 2 aliphatic heterocycles. The van der Waals surface area contributed by atoms with Crippen LogP contribution in [0.5, 0.6) is 0 Å². The van der Waals surface area contributed by atoms with Crippen LogP contribution in [0.1, 0.15) is 12.5 Å². The van der Waals surface area contributed by atoms with Crippen molar-refractivity contribution in [2.45, 2.75) is 6.92 Å². The van der Waals surface area contributed by atoms with Crippen molar-refractivity contribution in [3.63, 3.8) is 0 Å². The number of hydrogen-bond donors (Lipinski definition) is 2. The molecule has 0 atom stereocenters. The fourth-order valence-corrected chi connectivity index (χ4v) is 4.61. The Bertz CT molecular complexity index is 1250. The van der Waals surface area contributed by atoms with E-state index >= 15 is 0 Å². The van der Waals surface area contributed by atoms with Crippen molar-refractivity contribution < 1.29 is 4.74 Å². The van der Waals surface area contributed by atoms with Gasteiger partial charge in [-0.15, -0.1) is 0 Å². The number of nitrogens with one attached hydrogen (secondary N) is 2. The van der Waals surface area contributed by atoms with E-state index in [1.807, 2.05) is 18.2 Å². The molecule has 0 aliphatic carbocycles. The molecule has 176 valence electrons. The number of morpholine rings is 1. The summed E-state index contributed by atoms with van der Waals surface area (Å²) in [5.41, 5.74) is 2.13. The van der Waals surface area contributed by atoms with Gasteiger partial charge in [-0.25, -0.2) is 4.98 Å². The van der Waals surface area contributed by atoms with E-state index in [1.165, 1.54) is 6.20 Å². The van der Waals surface area contributed by atoms with Gasteiger partial charge in [0.15, 0.2) is 0 Å². The summed E-state index contributed by atoms with van der Waals surface area (Å²) in [5.74, 6) is 1.24. The lowest BCUT2D eigenvalue weighted by atomic mass is 10.1. The second-order valence-electron chi connectivity index (χ2n) is 8.59. The molecule has 0 saturated carbocycles. The molecule has 2 fully saturated rings. The summed E-state index contributed by atoms with van der Waals surface area (Å²) in [7, 11) is 0. The number of H-pyrrole nitrogens is 1. The van der Waals surface area contributed by atoms with Crippen molar-refractivity contribution >= 4 is 33.8 Å². The van der Waals surface area contributed by atoms with Crippen molar-refractivity contribution in [3.05, 3.63) is 52.4 Å². The first-order chi connectivity index (χ1) is 16.7. The Morgan fingerprint density at radius 2 is 1.82 bits per heavy atom. The number of fused-ring (bicyclic) bond motifs is 1. The lowest BCUT2D eigenvalue weighted by molar-refractivity contribution is 0.122. The van der Waals surface area contributed by atoms with Gasteiger partial charge in [-0.1, -0.05) is 6.92 Å². The Labute approximate surface area is 198 Å². The molecule has 2 saturated heterocycles. The quantitative estimate of drug-likeness (QED) is 0.600. The van der Waals surface area contributed by atoms with Gasteiger partial charge in [0.1, 0.15) is 17.7 Å². The molecule has 0 bridgehead atoms. The van der Waals surface area contributed by atoms with E-state index < -0.39 is 0 Å². The van der Waals surface area contributed by atoms with Gasteiger partial charge in [-0.05, 0) is 36.9 Å². The maximum absolute atomic E-state index is 12.8. The maximum atomic E-state index is 12.8. The number of hydrogen-bond acceptors (Lipinski definition) is 8. The summed E-state index contributed by atoms with van der Waals surface area (Å²) in [4.78, 5) is 27.3. The number of ether oxygens (including phenoxy) is 1. The Kier molecular flexibility index (Phi) is 6.34. The minimum atomic E-state index is -0.267. The van der Waals surface area contributed by atoms with Gasteiger partial charge < -0.3 is 29.7 Å². The number of nitrogens with zero attached hydrogens (tertiary/aromatic N) is 5. The van der Waals surface area contributed by atoms with Crippen LogP contribution in [-0.2, 0) is 4.74 Å². The number of aromatic amines is 1. The van der Waals surface area contributed by atoms with Gasteiger partial charge in [0, 0.05) is 62.2 Å². The van der Waals surface area contributed by atoms with E-state index in [2.05, 4.69) is 50.1 Å². The minimum absolute atomic E-state index is 0.267. The van der Waals surface area contributed by atoms with E-state index in [-0.39, 0.29) is 5.56 Å². The highest BCUT2D eigenvalue weighted by Crippen LogP contribution is 2.30. The van der Waals surface area contributed by atoms with Gasteiger partial charge in [-0.2, -0.15) is 5.26 Å². The van der Waals surface area contributed by atoms with Crippen LogP contribution < -0.4 is 20.7 Å². The third kappa shape index (κ3) is 4.42. The van der Waals surface area contributed by atoms with E-state index in [0.717, 1.165) is 76.2 Å². The topological polar surface area (TPSA) is 101 Å². The Morgan fingerprint density at radius 1 is 1.09 bits per heavy atom. The molecule has 9 nitrogen and oxygen atoms in total. The van der Waals surface area contributed by atoms with Crippen molar-refractivity contribution in [2.75, 3.05) is 74.1 Å². The van der Waals surface area contributed by atoms with Crippen LogP contribution in [0.25, 0.3) is 10.8 Å². The number of benzene rings is 1. The first kappa shape index (κ1) is 22.2. The number of likely N-dealkylation sites (N-methyl/N-ethyl adjacent to an activating group) is 1. The molecule has 2 N–H and O–H groups in total. The highest BCUT2D eigenvalue weighted by molar-refractivity contribution is 5.97. The monoisotopic (exact) mass is 459 g/mol. The largest absolute Gasteiger partial charge is 0.378 e. The smallest absolute Gasteiger partial charge is 0.259 e. The molecular weight excluding hydrogens is 430 g/mol. The first-order valence-electron chi connectivity index (χ1n) is 11.8. The zero-order valence-corrected chi connectivity index (χ0v) is 19.4. The summed E-state index contributed by atoms with van der Waals surface area (Å²) in [6.45, 7) is 10.0. The third-order valence-corrected chi connectivity index (χ3v) is 6.64. The van der Waals surface area contributed by atoms with E-state index in [4.69, 9.17) is 9.72 Å². The highest BCUT2D eigenvalue weighted by atomic mass is 16.5. The zero-order chi connectivity index (χ0) is 23.5. The van der Waals surface area contributed by atoms with Gasteiger partial charge >= 0.3 is 0 Å². The summed E-state index contributed by atoms with van der Waals surface area (Å²) in [6.07, 6.45) is 1.48. The molecule has 0 spiro atoms. The summed E-state index contributed by atoms with van der Waals surface area (Å²) in [6, 6.07) is 12.2. The summed E-state index contributed by atoms with van der Waals surface area (Å²) in [5, 5.41) is 14.0. The van der Waals surface area contributed by atoms with Gasteiger partial charge in [0.25, 0.3) is 5.56 Å². The fourth-order valence-electron chi connectivity index (χ4n) is 4.61. The average Bonchev–Trinajstić information content (AvgIpc) is 2.90. The van der Waals surface area contributed by atoms with Crippen LogP contribution >= 0.6 is 0 Å². The number of rotatable bonds is 5. The van der Waals surface area contributed by atoms with Crippen LogP contribution in [0.4, 0.5) is 23.0 Å². The molecule has 3 aromatic rings. The Morgan fingerprint density at radius 3 is 2.50 bits per heavy atom. The molecule has 4 heterocycles. The number of anilines is 4. The molecule has 9 heteroatoms. The Balaban J connectivity index is 1.50. The number of pyridine rings is 2. The van der Waals surface area contributed by atoms with Crippen LogP contribution in [0, 0.1) is 11.3 Å². The van der Waals surface area contributed by atoms with Gasteiger partial charge in [0.05, 0.1) is 24.2 Å². The minimum Gasteiger partial charge on any atom is -0.378 e. The zero-order valence-electron chi connectivity index (χ0n) is 19.4. The molecule has 34 heavy (non-hydrogen) atoms. The second-order valence-corrected chi connectivity index (χ2v) is 8.59. The van der Waals surface area contributed by atoms with Gasteiger partial charge in [0.2, 0.25) is 0 Å². The molecule has 0 unspecified atom stereocenters. The highest BCUT2D eigenvalue weighted by Gasteiger charge is 2.21. The third-order valence-electron chi connectivity index (χ3n) is 6.64. The first-order valence-corrected chi connectivity index (χ1v) is 11.8. The van der Waals surface area contributed by atoms with Crippen molar-refractivity contribution in [3.8, 4) is 6.07 Å². The molecule has 5 rings (SSSR count). The predicted molar refractivity (Wildman–Crippen MR) is 134 cm³/mol. The molecule has 1 aromatic carbocycles. The van der Waals surface area contributed by atoms with Crippen LogP contribution in [0.3, 0.4) is 0 Å². The van der Waals surface area contributed by atoms with Crippen molar-refractivity contribution in [1.82, 2.24) is 14.9 Å². The number of piperazine rings is 1. The lowest BCUT2D eigenvalue weighted by Gasteiger charge is -2.35. The molecule has 2 aromatic heterocycles. The molecule has 2 aliphatic rings.